The van der Waals surface area contributed by atoms with Crippen molar-refractivity contribution in [3.05, 3.63) is 11.6 Å². The number of carboxylic acids is 2. The molecule has 0 unspecified atom stereocenters. The molecule has 66 valence electrons. The van der Waals surface area contributed by atoms with Gasteiger partial charge >= 0.3 is 11.9 Å². The van der Waals surface area contributed by atoms with E-state index in [1.165, 1.54) is 0 Å². The Labute approximate surface area is 69.5 Å². The standard InChI is InChI=1S/C8H10O4/c9-7(10)6(8(11)12)5-3-1-2-4-5/h3,6H,1-2,4H2,(H,9,10)(H,11,12). The lowest BCUT2D eigenvalue weighted by Crippen LogP contribution is -2.24. The van der Waals surface area contributed by atoms with E-state index >= 15 is 0 Å². The summed E-state index contributed by atoms with van der Waals surface area (Å²) in [5.41, 5.74) is 0.537. The Morgan fingerprint density at radius 2 is 1.92 bits per heavy atom. The largest absolute Gasteiger partial charge is 0.480 e. The second-order valence-corrected chi connectivity index (χ2v) is 2.78. The van der Waals surface area contributed by atoms with Crippen molar-refractivity contribution in [1.82, 2.24) is 0 Å². The number of hydrogen-bond acceptors (Lipinski definition) is 2. The van der Waals surface area contributed by atoms with Crippen molar-refractivity contribution in [2.75, 3.05) is 0 Å². The summed E-state index contributed by atoms with van der Waals surface area (Å²) in [6.07, 6.45) is 3.98. The molecule has 0 aromatic heterocycles. The summed E-state index contributed by atoms with van der Waals surface area (Å²) in [6, 6.07) is 0. The van der Waals surface area contributed by atoms with Gasteiger partial charge in [-0.05, 0) is 24.8 Å². The molecule has 0 fully saturated rings. The maximum atomic E-state index is 10.5. The van der Waals surface area contributed by atoms with Gasteiger partial charge in [0.2, 0.25) is 0 Å². The molecular weight excluding hydrogens is 160 g/mol. The van der Waals surface area contributed by atoms with E-state index < -0.39 is 17.9 Å². The maximum Gasteiger partial charge on any atom is 0.322 e. The molecule has 0 aromatic carbocycles. The molecule has 0 heterocycles. The Bertz CT molecular complexity index is 227. The van der Waals surface area contributed by atoms with Crippen molar-refractivity contribution in [2.24, 2.45) is 5.92 Å². The molecular formula is C8H10O4. The van der Waals surface area contributed by atoms with Crippen molar-refractivity contribution < 1.29 is 19.8 Å². The first-order chi connectivity index (χ1) is 5.63. The molecule has 2 N–H and O–H groups in total. The van der Waals surface area contributed by atoms with E-state index in [1.54, 1.807) is 6.08 Å². The fraction of sp³-hybridized carbons (Fsp3) is 0.500. The molecule has 0 radical (unpaired) electrons. The number of aliphatic carboxylic acids is 2. The minimum atomic E-state index is -1.33. The second-order valence-electron chi connectivity index (χ2n) is 2.78. The van der Waals surface area contributed by atoms with Crippen molar-refractivity contribution in [3.63, 3.8) is 0 Å². The zero-order chi connectivity index (χ0) is 9.14. The molecule has 4 nitrogen and oxygen atoms in total. The van der Waals surface area contributed by atoms with E-state index in [2.05, 4.69) is 0 Å². The highest BCUT2D eigenvalue weighted by molar-refractivity contribution is 5.96. The van der Waals surface area contributed by atoms with Crippen LogP contribution in [0.15, 0.2) is 11.6 Å². The Morgan fingerprint density at radius 3 is 2.25 bits per heavy atom. The molecule has 0 saturated heterocycles. The van der Waals surface area contributed by atoms with Crippen LogP contribution >= 0.6 is 0 Å². The van der Waals surface area contributed by atoms with Gasteiger partial charge in [0.05, 0.1) is 0 Å². The van der Waals surface area contributed by atoms with Gasteiger partial charge in [-0.15, -0.1) is 0 Å². The zero-order valence-electron chi connectivity index (χ0n) is 6.49. The Balaban J connectivity index is 2.78. The van der Waals surface area contributed by atoms with Gasteiger partial charge in [0.1, 0.15) is 0 Å². The molecule has 0 atom stereocenters. The van der Waals surface area contributed by atoms with Gasteiger partial charge in [0, 0.05) is 0 Å². The molecule has 0 saturated carbocycles. The summed E-state index contributed by atoms with van der Waals surface area (Å²) < 4.78 is 0. The van der Waals surface area contributed by atoms with Crippen molar-refractivity contribution in [2.45, 2.75) is 19.3 Å². The van der Waals surface area contributed by atoms with Crippen LogP contribution in [0.1, 0.15) is 19.3 Å². The first-order valence-electron chi connectivity index (χ1n) is 3.77. The van der Waals surface area contributed by atoms with Crippen LogP contribution in [-0.4, -0.2) is 22.2 Å². The summed E-state index contributed by atoms with van der Waals surface area (Å²) in [5, 5.41) is 17.2. The molecule has 0 aromatic rings. The van der Waals surface area contributed by atoms with Crippen LogP contribution in [-0.2, 0) is 9.59 Å². The SMILES string of the molecule is O=C(O)C(C(=O)O)C1=CCCC1. The van der Waals surface area contributed by atoms with Gasteiger partial charge in [-0.3, -0.25) is 9.59 Å². The minimum absolute atomic E-state index is 0.537. The summed E-state index contributed by atoms with van der Waals surface area (Å²) in [6.45, 7) is 0. The van der Waals surface area contributed by atoms with Gasteiger partial charge in [-0.25, -0.2) is 0 Å². The van der Waals surface area contributed by atoms with E-state index in [4.69, 9.17) is 10.2 Å². The van der Waals surface area contributed by atoms with Crippen LogP contribution < -0.4 is 0 Å². The normalized spacial score (nSPS) is 16.2. The van der Waals surface area contributed by atoms with E-state index in [9.17, 15) is 9.59 Å². The second kappa shape index (κ2) is 3.38. The first-order valence-corrected chi connectivity index (χ1v) is 3.77. The van der Waals surface area contributed by atoms with Crippen LogP contribution in [0.2, 0.25) is 0 Å². The Morgan fingerprint density at radius 1 is 1.33 bits per heavy atom. The molecule has 0 bridgehead atoms. The number of rotatable bonds is 3. The van der Waals surface area contributed by atoms with E-state index in [1.807, 2.05) is 0 Å². The maximum absolute atomic E-state index is 10.5. The first kappa shape index (κ1) is 8.77. The van der Waals surface area contributed by atoms with Crippen molar-refractivity contribution in [1.29, 1.82) is 0 Å². The van der Waals surface area contributed by atoms with Gasteiger partial charge in [-0.2, -0.15) is 0 Å². The topological polar surface area (TPSA) is 74.6 Å². The third-order valence-electron chi connectivity index (χ3n) is 1.94. The highest BCUT2D eigenvalue weighted by atomic mass is 16.4. The summed E-state index contributed by atoms with van der Waals surface area (Å²) in [7, 11) is 0. The van der Waals surface area contributed by atoms with E-state index in [0.29, 0.717) is 12.0 Å². The third-order valence-corrected chi connectivity index (χ3v) is 1.94. The van der Waals surface area contributed by atoms with Crippen molar-refractivity contribution >= 4 is 11.9 Å². The summed E-state index contributed by atoms with van der Waals surface area (Å²) in [5.74, 6) is -3.86. The van der Waals surface area contributed by atoms with Crippen LogP contribution in [0.4, 0.5) is 0 Å². The molecule has 4 heteroatoms. The molecule has 1 rings (SSSR count). The van der Waals surface area contributed by atoms with Gasteiger partial charge < -0.3 is 10.2 Å². The average Bonchev–Trinajstić information content (AvgIpc) is 2.37. The molecule has 0 aliphatic heterocycles. The van der Waals surface area contributed by atoms with E-state index in [0.717, 1.165) is 12.8 Å². The van der Waals surface area contributed by atoms with Crippen LogP contribution in [0.5, 0.6) is 0 Å². The lowest BCUT2D eigenvalue weighted by atomic mass is 9.99. The molecule has 0 amide bonds. The highest BCUT2D eigenvalue weighted by Crippen LogP contribution is 2.25. The molecule has 1 aliphatic carbocycles. The number of carboxylic acid groups (broad SMARTS) is 2. The lowest BCUT2D eigenvalue weighted by Gasteiger charge is -2.07. The Hall–Kier alpha value is -1.32. The summed E-state index contributed by atoms with van der Waals surface area (Å²) in [4.78, 5) is 21.0. The van der Waals surface area contributed by atoms with Gasteiger partial charge in [0.15, 0.2) is 5.92 Å². The smallest absolute Gasteiger partial charge is 0.322 e. The predicted octanol–water partition coefficient (Wildman–Crippen LogP) is 0.882. The van der Waals surface area contributed by atoms with Gasteiger partial charge in [-0.1, -0.05) is 6.08 Å². The fourth-order valence-corrected chi connectivity index (χ4v) is 1.38. The van der Waals surface area contributed by atoms with Crippen LogP contribution in [0.3, 0.4) is 0 Å². The molecule has 12 heavy (non-hydrogen) atoms. The highest BCUT2D eigenvalue weighted by Gasteiger charge is 2.30. The Kier molecular flexibility index (Phi) is 2.47. The van der Waals surface area contributed by atoms with Gasteiger partial charge in [0.25, 0.3) is 0 Å². The van der Waals surface area contributed by atoms with Crippen LogP contribution in [0.25, 0.3) is 0 Å². The molecule has 0 spiro atoms. The third kappa shape index (κ3) is 1.64. The van der Waals surface area contributed by atoms with Crippen molar-refractivity contribution in [3.8, 4) is 0 Å². The number of allylic oxidation sites excluding steroid dienone is 1. The van der Waals surface area contributed by atoms with Crippen LogP contribution in [0, 0.1) is 5.92 Å². The zero-order valence-corrected chi connectivity index (χ0v) is 6.49. The number of hydrogen-bond donors (Lipinski definition) is 2. The quantitative estimate of drug-likeness (QED) is 0.487. The lowest BCUT2D eigenvalue weighted by molar-refractivity contribution is -0.152. The fourth-order valence-electron chi connectivity index (χ4n) is 1.38. The molecule has 1 aliphatic rings. The van der Waals surface area contributed by atoms with E-state index in [-0.39, 0.29) is 0 Å². The predicted molar refractivity (Wildman–Crippen MR) is 40.7 cm³/mol. The minimum Gasteiger partial charge on any atom is -0.480 e. The average molecular weight is 170 g/mol. The monoisotopic (exact) mass is 170 g/mol. The summed E-state index contributed by atoms with van der Waals surface area (Å²) >= 11 is 0. The number of carbonyl (C=O) groups is 2.